The van der Waals surface area contributed by atoms with E-state index in [0.717, 1.165) is 135 Å². The number of carboxylic acids is 1. The zero-order valence-electron chi connectivity index (χ0n) is 41.1. The summed E-state index contributed by atoms with van der Waals surface area (Å²) in [6.45, 7) is 6.67. The van der Waals surface area contributed by atoms with Gasteiger partial charge in [-0.2, -0.15) is 0 Å². The molecule has 6 heteroatoms. The third-order valence-corrected chi connectivity index (χ3v) is 12.1. The summed E-state index contributed by atoms with van der Waals surface area (Å²) in [6.07, 6.45) is 60.7. The third kappa shape index (κ3) is 33.1. The van der Waals surface area contributed by atoms with Crippen molar-refractivity contribution in [2.75, 3.05) is 0 Å². The van der Waals surface area contributed by atoms with Gasteiger partial charge in [0.05, 0.1) is 0 Å². The maximum absolute atomic E-state index is 14.1. The van der Waals surface area contributed by atoms with Crippen molar-refractivity contribution >= 4 is 23.3 Å². The molecule has 0 radical (unpaired) electrons. The van der Waals surface area contributed by atoms with E-state index in [-0.39, 0.29) is 19.3 Å². The Morgan fingerprint density at radius 2 is 0.587 bits per heavy atom. The Morgan fingerprint density at radius 3 is 0.825 bits per heavy atom. The van der Waals surface area contributed by atoms with Gasteiger partial charge in [0.15, 0.2) is 22.8 Å². The molecule has 0 aromatic carbocycles. The molecule has 0 bridgehead atoms. The number of ketones is 3. The highest BCUT2D eigenvalue weighted by atomic mass is 16.4. The smallest absolute Gasteiger partial charge is 0.322 e. The second kappa shape index (κ2) is 45.4. The monoisotopic (exact) mass is 876 g/mol. The molecule has 0 saturated heterocycles. The van der Waals surface area contributed by atoms with Crippen LogP contribution in [0.15, 0.2) is 72.9 Å². The number of carbonyl (C=O) groups excluding carboxylic acids is 3. The fourth-order valence-corrected chi connectivity index (χ4v) is 8.05. The quantitative estimate of drug-likeness (QED) is 0.0357. The van der Waals surface area contributed by atoms with E-state index in [1.54, 1.807) is 0 Å². The van der Waals surface area contributed by atoms with Gasteiger partial charge in [0, 0.05) is 19.3 Å². The van der Waals surface area contributed by atoms with Crippen LogP contribution in [0.4, 0.5) is 0 Å². The van der Waals surface area contributed by atoms with Gasteiger partial charge in [-0.05, 0) is 116 Å². The maximum atomic E-state index is 14.1. The second-order valence-electron chi connectivity index (χ2n) is 17.8. The summed E-state index contributed by atoms with van der Waals surface area (Å²) < 4.78 is 0. The first-order valence-corrected chi connectivity index (χ1v) is 26.3. The number of nitrogens with two attached hydrogens (primary N) is 1. The van der Waals surface area contributed by atoms with Crippen LogP contribution in [-0.2, 0) is 19.2 Å². The molecule has 0 aliphatic carbocycles. The first-order chi connectivity index (χ1) is 30.8. The second-order valence-corrected chi connectivity index (χ2v) is 17.8. The zero-order chi connectivity index (χ0) is 46.3. The average Bonchev–Trinajstić information content (AvgIpc) is 3.27. The lowest BCUT2D eigenvalue weighted by molar-refractivity contribution is -0.159. The maximum Gasteiger partial charge on any atom is 0.322 e. The molecule has 1 atom stereocenters. The fourth-order valence-electron chi connectivity index (χ4n) is 8.05. The summed E-state index contributed by atoms with van der Waals surface area (Å²) in [5.74, 6) is -3.25. The Labute approximate surface area is 388 Å². The minimum atomic E-state index is -2.31. The van der Waals surface area contributed by atoms with Crippen LogP contribution in [0.2, 0.25) is 0 Å². The minimum absolute atomic E-state index is 0.00666. The number of allylic oxidation sites excluding steroid dienone is 12. The molecule has 360 valence electrons. The number of Topliss-reactive ketones (excluding diaryl/α,β-unsaturated/α-hetero) is 3. The summed E-state index contributed by atoms with van der Waals surface area (Å²) in [5.41, 5.74) is 3.96. The lowest BCUT2D eigenvalue weighted by Gasteiger charge is -2.33. The highest BCUT2D eigenvalue weighted by Crippen LogP contribution is 2.33. The number of hydrogen-bond donors (Lipinski definition) is 2. The van der Waals surface area contributed by atoms with Crippen LogP contribution in [0.5, 0.6) is 0 Å². The van der Waals surface area contributed by atoms with E-state index in [1.807, 2.05) is 0 Å². The Hall–Kier alpha value is -3.12. The van der Waals surface area contributed by atoms with E-state index in [1.165, 1.54) is 57.8 Å². The van der Waals surface area contributed by atoms with E-state index in [9.17, 15) is 24.3 Å². The minimum Gasteiger partial charge on any atom is -0.480 e. The van der Waals surface area contributed by atoms with Gasteiger partial charge in [-0.3, -0.25) is 19.2 Å². The molecule has 0 aliphatic heterocycles. The van der Waals surface area contributed by atoms with Crippen molar-refractivity contribution in [2.24, 2.45) is 11.1 Å². The number of aliphatic carboxylic acids is 1. The predicted octanol–water partition coefficient (Wildman–Crippen LogP) is 16.5. The number of hydrogen-bond acceptors (Lipinski definition) is 5. The molecule has 6 nitrogen and oxygen atoms in total. The first-order valence-electron chi connectivity index (χ1n) is 26.3. The van der Waals surface area contributed by atoms with Gasteiger partial charge in [-0.25, -0.2) is 0 Å². The normalized spacial score (nSPS) is 13.0. The van der Waals surface area contributed by atoms with Crippen molar-refractivity contribution in [2.45, 2.75) is 258 Å². The summed E-state index contributed by atoms with van der Waals surface area (Å²) in [7, 11) is 0. The van der Waals surface area contributed by atoms with E-state index in [0.29, 0.717) is 19.3 Å². The predicted molar refractivity (Wildman–Crippen MR) is 271 cm³/mol. The van der Waals surface area contributed by atoms with Gasteiger partial charge in [-0.15, -0.1) is 0 Å². The van der Waals surface area contributed by atoms with E-state index in [2.05, 4.69) is 93.7 Å². The highest BCUT2D eigenvalue weighted by molar-refractivity contribution is 6.27. The topological polar surface area (TPSA) is 115 Å². The molecule has 0 aromatic heterocycles. The molecule has 0 aliphatic rings. The third-order valence-electron chi connectivity index (χ3n) is 12.1. The molecule has 0 aromatic rings. The molecule has 0 amide bonds. The van der Waals surface area contributed by atoms with Crippen molar-refractivity contribution in [1.29, 1.82) is 0 Å². The van der Waals surface area contributed by atoms with Crippen LogP contribution < -0.4 is 5.73 Å². The van der Waals surface area contributed by atoms with E-state index >= 15 is 0 Å². The number of carboxylic acid groups (broad SMARTS) is 1. The summed E-state index contributed by atoms with van der Waals surface area (Å²) in [6, 6.07) is -1.88. The number of unbranched alkanes of at least 4 members (excludes halogenated alkanes) is 24. The van der Waals surface area contributed by atoms with Crippen LogP contribution in [0, 0.1) is 5.41 Å². The molecule has 0 heterocycles. The van der Waals surface area contributed by atoms with Gasteiger partial charge in [0.25, 0.3) is 0 Å². The Bertz CT molecular complexity index is 1160. The molecule has 0 rings (SSSR count). The first kappa shape index (κ1) is 59.9. The molecule has 0 fully saturated rings. The summed E-state index contributed by atoms with van der Waals surface area (Å²) >= 11 is 0. The van der Waals surface area contributed by atoms with Crippen molar-refractivity contribution in [3.63, 3.8) is 0 Å². The van der Waals surface area contributed by atoms with Crippen molar-refractivity contribution in [3.8, 4) is 0 Å². The van der Waals surface area contributed by atoms with Gasteiger partial charge in [-0.1, -0.05) is 190 Å². The van der Waals surface area contributed by atoms with Crippen molar-refractivity contribution in [1.82, 2.24) is 0 Å². The summed E-state index contributed by atoms with van der Waals surface area (Å²) in [4.78, 5) is 54.9. The highest BCUT2D eigenvalue weighted by Gasteiger charge is 2.57. The molecule has 63 heavy (non-hydrogen) atoms. The Morgan fingerprint density at radius 1 is 0.365 bits per heavy atom. The lowest BCUT2D eigenvalue weighted by Crippen LogP contribution is -2.61. The van der Waals surface area contributed by atoms with Crippen molar-refractivity contribution in [3.05, 3.63) is 72.9 Å². The Balaban J connectivity index is 5.19. The van der Waals surface area contributed by atoms with Crippen LogP contribution in [-0.4, -0.2) is 34.5 Å². The van der Waals surface area contributed by atoms with Crippen LogP contribution >= 0.6 is 0 Å². The average molecular weight is 876 g/mol. The van der Waals surface area contributed by atoms with Crippen LogP contribution in [0.25, 0.3) is 0 Å². The standard InChI is InChI=1S/C57H97NO5/c1-4-7-10-13-16-19-22-25-28-31-34-37-40-43-46-49-52(59)57(55(58)56(62)63,53(60)50-47-44-41-38-35-32-29-26-23-20-17-14-11-8-5-2)54(61)51-48-45-42-39-36-33-30-27-24-21-18-15-12-9-6-3/h16-21,25-30,55H,4-15,22-24,31-51,58H2,1-3H3,(H,62,63)/b19-16-,20-17-,21-18-,28-25-,29-26-,30-27-. The van der Waals surface area contributed by atoms with E-state index in [4.69, 9.17) is 5.73 Å². The van der Waals surface area contributed by atoms with Crippen molar-refractivity contribution < 1.29 is 24.3 Å². The molecule has 1 unspecified atom stereocenters. The van der Waals surface area contributed by atoms with Gasteiger partial charge in [0.2, 0.25) is 0 Å². The van der Waals surface area contributed by atoms with E-state index < -0.39 is 34.8 Å². The number of carbonyl (C=O) groups is 4. The molecule has 3 N–H and O–H groups in total. The van der Waals surface area contributed by atoms with Crippen LogP contribution in [0.1, 0.15) is 252 Å². The molecule has 0 saturated carbocycles. The Kier molecular flexibility index (Phi) is 43.2. The number of rotatable bonds is 47. The largest absolute Gasteiger partial charge is 0.480 e. The molecular weight excluding hydrogens is 779 g/mol. The SMILES string of the molecule is CCCCC/C=C\C/C=C\CCCCCCCC(=O)C(C(=O)CCCCCCC/C=C\C/C=C\CCCCC)(C(=O)CCCCCCC/C=C\C/C=C\CCCCC)C(N)C(=O)O. The van der Waals surface area contributed by atoms with Crippen LogP contribution in [0.3, 0.4) is 0 Å². The van der Waals surface area contributed by atoms with Gasteiger partial charge in [0.1, 0.15) is 6.04 Å². The van der Waals surface area contributed by atoms with Gasteiger partial charge < -0.3 is 10.8 Å². The molecule has 0 spiro atoms. The zero-order valence-corrected chi connectivity index (χ0v) is 41.1. The van der Waals surface area contributed by atoms with Gasteiger partial charge >= 0.3 is 5.97 Å². The lowest BCUT2D eigenvalue weighted by atomic mass is 9.66. The fraction of sp³-hybridized carbons (Fsp3) is 0.719. The molecular formula is C57H97NO5. The summed E-state index contributed by atoms with van der Waals surface area (Å²) in [5, 5.41) is 10.2.